The van der Waals surface area contributed by atoms with Crippen LogP contribution < -0.4 is 5.73 Å². The van der Waals surface area contributed by atoms with Gasteiger partial charge < -0.3 is 15.6 Å². The molecule has 0 radical (unpaired) electrons. The molecule has 0 aliphatic carbocycles. The zero-order valence-electron chi connectivity index (χ0n) is 12.5. The van der Waals surface area contributed by atoms with Gasteiger partial charge >= 0.3 is 5.97 Å². The van der Waals surface area contributed by atoms with E-state index in [4.69, 9.17) is 10.6 Å². The molecule has 0 unspecified atom stereocenters. The van der Waals surface area contributed by atoms with Gasteiger partial charge in [-0.2, -0.15) is 0 Å². The molecule has 118 valence electrons. The Kier molecular flexibility index (Phi) is 4.73. The van der Waals surface area contributed by atoms with E-state index in [1.54, 1.807) is 0 Å². The predicted octanol–water partition coefficient (Wildman–Crippen LogP) is 3.42. The SMILES string of the molecule is N/C(=N\OC(=O)CCCc1c[nH]c2ccccc12)c1cccs1. The number of oxime groups is 1. The summed E-state index contributed by atoms with van der Waals surface area (Å²) in [6, 6.07) is 11.8. The number of thiophene rings is 1. The Balaban J connectivity index is 1.49. The van der Waals surface area contributed by atoms with Crippen LogP contribution in [0.3, 0.4) is 0 Å². The topological polar surface area (TPSA) is 80.5 Å². The zero-order valence-corrected chi connectivity index (χ0v) is 13.3. The summed E-state index contributed by atoms with van der Waals surface area (Å²) in [7, 11) is 0. The minimum Gasteiger partial charge on any atom is -0.380 e. The molecule has 0 saturated heterocycles. The predicted molar refractivity (Wildman–Crippen MR) is 92.4 cm³/mol. The molecule has 2 aromatic heterocycles. The number of aromatic nitrogens is 1. The van der Waals surface area contributed by atoms with Crippen molar-refractivity contribution >= 4 is 34.0 Å². The molecule has 0 saturated carbocycles. The molecular formula is C17H17N3O2S. The van der Waals surface area contributed by atoms with Crippen LogP contribution in [-0.4, -0.2) is 16.8 Å². The van der Waals surface area contributed by atoms with E-state index in [0.29, 0.717) is 12.8 Å². The summed E-state index contributed by atoms with van der Waals surface area (Å²) in [5.41, 5.74) is 8.05. The summed E-state index contributed by atoms with van der Waals surface area (Å²) in [4.78, 5) is 20.6. The lowest BCUT2D eigenvalue weighted by atomic mass is 10.1. The fourth-order valence-electron chi connectivity index (χ4n) is 2.38. The van der Waals surface area contributed by atoms with E-state index in [-0.39, 0.29) is 11.8 Å². The highest BCUT2D eigenvalue weighted by Crippen LogP contribution is 2.19. The fraction of sp³-hybridized carbons (Fsp3) is 0.176. The van der Waals surface area contributed by atoms with Crippen molar-refractivity contribution in [3.8, 4) is 0 Å². The van der Waals surface area contributed by atoms with E-state index < -0.39 is 0 Å². The molecule has 1 aromatic carbocycles. The van der Waals surface area contributed by atoms with Crippen molar-refractivity contribution in [1.82, 2.24) is 4.98 Å². The molecule has 0 atom stereocenters. The largest absolute Gasteiger partial charge is 0.380 e. The summed E-state index contributed by atoms with van der Waals surface area (Å²) in [6.45, 7) is 0. The molecule has 0 aliphatic rings. The third-order valence-corrected chi connectivity index (χ3v) is 4.41. The number of hydrogen-bond acceptors (Lipinski definition) is 4. The Labute approximate surface area is 137 Å². The van der Waals surface area contributed by atoms with Crippen molar-refractivity contribution in [2.45, 2.75) is 19.3 Å². The van der Waals surface area contributed by atoms with Crippen LogP contribution >= 0.6 is 11.3 Å². The number of H-pyrrole nitrogens is 1. The van der Waals surface area contributed by atoms with Crippen molar-refractivity contribution in [3.63, 3.8) is 0 Å². The maximum Gasteiger partial charge on any atom is 0.335 e. The second kappa shape index (κ2) is 7.11. The maximum absolute atomic E-state index is 11.7. The number of hydrogen-bond donors (Lipinski definition) is 2. The second-order valence-corrected chi connectivity index (χ2v) is 6.08. The zero-order chi connectivity index (χ0) is 16.1. The number of nitrogens with zero attached hydrogens (tertiary/aromatic N) is 1. The first-order valence-electron chi connectivity index (χ1n) is 7.36. The van der Waals surface area contributed by atoms with Crippen LogP contribution in [0.2, 0.25) is 0 Å². The molecule has 2 heterocycles. The average Bonchev–Trinajstić information content (AvgIpc) is 3.23. The van der Waals surface area contributed by atoms with Crippen molar-refractivity contribution in [2.24, 2.45) is 10.9 Å². The van der Waals surface area contributed by atoms with Crippen molar-refractivity contribution in [1.29, 1.82) is 0 Å². The van der Waals surface area contributed by atoms with E-state index in [1.807, 2.05) is 41.9 Å². The Morgan fingerprint density at radius 1 is 1.26 bits per heavy atom. The monoisotopic (exact) mass is 327 g/mol. The number of nitrogens with two attached hydrogens (primary N) is 1. The van der Waals surface area contributed by atoms with E-state index in [9.17, 15) is 4.79 Å². The van der Waals surface area contributed by atoms with Crippen LogP contribution in [0.25, 0.3) is 10.9 Å². The minimum atomic E-state index is -0.371. The lowest BCUT2D eigenvalue weighted by molar-refractivity contribution is -0.143. The Morgan fingerprint density at radius 3 is 2.96 bits per heavy atom. The van der Waals surface area contributed by atoms with Gasteiger partial charge in [-0.3, -0.25) is 0 Å². The van der Waals surface area contributed by atoms with Gasteiger partial charge in [0.05, 0.1) is 4.88 Å². The normalized spacial score (nSPS) is 11.7. The molecule has 5 nitrogen and oxygen atoms in total. The smallest absolute Gasteiger partial charge is 0.335 e. The van der Waals surface area contributed by atoms with Crippen LogP contribution in [0.5, 0.6) is 0 Å². The molecule has 0 aliphatic heterocycles. The van der Waals surface area contributed by atoms with Gasteiger partial charge in [0, 0.05) is 23.5 Å². The quantitative estimate of drug-likeness (QED) is 0.315. The van der Waals surface area contributed by atoms with Gasteiger partial charge in [0.2, 0.25) is 0 Å². The summed E-state index contributed by atoms with van der Waals surface area (Å²) in [5.74, 6) is -0.144. The highest BCUT2D eigenvalue weighted by atomic mass is 32.1. The highest BCUT2D eigenvalue weighted by molar-refractivity contribution is 7.12. The number of benzene rings is 1. The van der Waals surface area contributed by atoms with Crippen molar-refractivity contribution < 1.29 is 9.63 Å². The number of carbonyl (C=O) groups is 1. The number of amidine groups is 1. The number of fused-ring (bicyclic) bond motifs is 1. The molecular weight excluding hydrogens is 310 g/mol. The molecule has 3 N–H and O–H groups in total. The first-order valence-corrected chi connectivity index (χ1v) is 8.24. The number of aromatic amines is 1. The van der Waals surface area contributed by atoms with E-state index in [1.165, 1.54) is 22.3 Å². The molecule has 0 fully saturated rings. The Bertz CT molecular complexity index is 821. The standard InChI is InChI=1S/C17H17N3O2S/c18-17(15-8-4-10-23-15)20-22-16(21)9-3-5-12-11-19-14-7-2-1-6-13(12)14/h1-2,4,6-8,10-11,19H,3,5,9H2,(H2,18,20). The van der Waals surface area contributed by atoms with Crippen LogP contribution in [-0.2, 0) is 16.1 Å². The number of nitrogens with one attached hydrogen (secondary N) is 1. The van der Waals surface area contributed by atoms with Gasteiger partial charge in [-0.25, -0.2) is 4.79 Å². The third-order valence-electron chi connectivity index (χ3n) is 3.52. The van der Waals surface area contributed by atoms with Gasteiger partial charge in [-0.05, 0) is 35.9 Å². The van der Waals surface area contributed by atoms with Gasteiger partial charge in [0.1, 0.15) is 0 Å². The molecule has 3 aromatic rings. The number of rotatable bonds is 6. The lowest BCUT2D eigenvalue weighted by Crippen LogP contribution is -2.13. The van der Waals surface area contributed by atoms with Gasteiger partial charge in [-0.15, -0.1) is 11.3 Å². The van der Waals surface area contributed by atoms with Crippen molar-refractivity contribution in [3.05, 3.63) is 58.4 Å². The summed E-state index contributed by atoms with van der Waals surface area (Å²) < 4.78 is 0. The highest BCUT2D eigenvalue weighted by Gasteiger charge is 2.07. The van der Waals surface area contributed by atoms with Gasteiger partial charge in [0.25, 0.3) is 0 Å². The van der Waals surface area contributed by atoms with Crippen LogP contribution in [0.4, 0.5) is 0 Å². The first-order chi connectivity index (χ1) is 11.2. The molecule has 3 rings (SSSR count). The van der Waals surface area contributed by atoms with Gasteiger partial charge in [-0.1, -0.05) is 29.4 Å². The minimum absolute atomic E-state index is 0.227. The summed E-state index contributed by atoms with van der Waals surface area (Å²) in [5, 5.41) is 6.77. The maximum atomic E-state index is 11.7. The van der Waals surface area contributed by atoms with E-state index in [0.717, 1.165) is 16.8 Å². The number of aryl methyl sites for hydroxylation is 1. The summed E-state index contributed by atoms with van der Waals surface area (Å²) in [6.07, 6.45) is 3.81. The molecule has 0 spiro atoms. The molecule has 6 heteroatoms. The molecule has 23 heavy (non-hydrogen) atoms. The Hall–Kier alpha value is -2.60. The van der Waals surface area contributed by atoms with E-state index >= 15 is 0 Å². The van der Waals surface area contributed by atoms with Gasteiger partial charge in [0.15, 0.2) is 5.84 Å². The third kappa shape index (κ3) is 3.78. The Morgan fingerprint density at radius 2 is 2.13 bits per heavy atom. The lowest BCUT2D eigenvalue weighted by Gasteiger charge is -2.00. The first kappa shape index (κ1) is 15.3. The molecule has 0 bridgehead atoms. The number of carbonyl (C=O) groups excluding carboxylic acids is 1. The molecule has 0 amide bonds. The van der Waals surface area contributed by atoms with Crippen molar-refractivity contribution in [2.75, 3.05) is 0 Å². The number of para-hydroxylation sites is 1. The summed E-state index contributed by atoms with van der Waals surface area (Å²) >= 11 is 1.45. The van der Waals surface area contributed by atoms with Crippen LogP contribution in [0, 0.1) is 0 Å². The van der Waals surface area contributed by atoms with Crippen LogP contribution in [0.15, 0.2) is 53.1 Å². The average molecular weight is 327 g/mol. The second-order valence-electron chi connectivity index (χ2n) is 5.13. The van der Waals surface area contributed by atoms with Crippen LogP contribution in [0.1, 0.15) is 23.3 Å². The fourth-order valence-corrected chi connectivity index (χ4v) is 3.00. The van der Waals surface area contributed by atoms with E-state index in [2.05, 4.69) is 16.2 Å².